The van der Waals surface area contributed by atoms with E-state index in [9.17, 15) is 10.2 Å². The fraction of sp³-hybridized carbons (Fsp3) is 0.667. The van der Waals surface area contributed by atoms with E-state index in [0.717, 1.165) is 50.4 Å². The molecule has 4 nitrogen and oxygen atoms in total. The van der Waals surface area contributed by atoms with Gasteiger partial charge in [-0.15, -0.1) is 0 Å². The molecule has 2 heterocycles. The summed E-state index contributed by atoms with van der Waals surface area (Å²) in [4.78, 5) is 4.81. The SMILES string of the molecule is Oc1cc(O)c(CN2CCCCC2)cc1CN1CCCCC1. The van der Waals surface area contributed by atoms with E-state index in [1.165, 1.54) is 44.6 Å². The van der Waals surface area contributed by atoms with E-state index in [-0.39, 0.29) is 11.5 Å². The molecule has 0 atom stereocenters. The van der Waals surface area contributed by atoms with Crippen LogP contribution in [0.1, 0.15) is 49.7 Å². The Morgan fingerprint density at radius 2 is 1.05 bits per heavy atom. The van der Waals surface area contributed by atoms with Crippen LogP contribution in [0.3, 0.4) is 0 Å². The van der Waals surface area contributed by atoms with Crippen LogP contribution < -0.4 is 0 Å². The Morgan fingerprint density at radius 1 is 0.636 bits per heavy atom. The minimum atomic E-state index is 0.227. The van der Waals surface area contributed by atoms with E-state index < -0.39 is 0 Å². The average molecular weight is 304 g/mol. The molecular weight excluding hydrogens is 276 g/mol. The topological polar surface area (TPSA) is 46.9 Å². The van der Waals surface area contributed by atoms with Crippen LogP contribution in [0.2, 0.25) is 0 Å². The maximum absolute atomic E-state index is 10.2. The summed E-state index contributed by atoms with van der Waals surface area (Å²) in [6.45, 7) is 6.03. The molecule has 1 aromatic rings. The van der Waals surface area contributed by atoms with Gasteiger partial charge in [0.05, 0.1) is 0 Å². The first kappa shape index (κ1) is 15.6. The number of hydrogen-bond donors (Lipinski definition) is 2. The van der Waals surface area contributed by atoms with Crippen molar-refractivity contribution in [3.05, 3.63) is 23.3 Å². The van der Waals surface area contributed by atoms with Gasteiger partial charge in [-0.3, -0.25) is 9.80 Å². The first-order valence-electron chi connectivity index (χ1n) is 8.71. The monoisotopic (exact) mass is 304 g/mol. The van der Waals surface area contributed by atoms with Crippen molar-refractivity contribution in [3.63, 3.8) is 0 Å². The summed E-state index contributed by atoms with van der Waals surface area (Å²) < 4.78 is 0. The van der Waals surface area contributed by atoms with Crippen molar-refractivity contribution in [2.24, 2.45) is 0 Å². The molecule has 3 rings (SSSR count). The minimum absolute atomic E-state index is 0.227. The van der Waals surface area contributed by atoms with Crippen molar-refractivity contribution in [2.75, 3.05) is 26.2 Å². The van der Waals surface area contributed by atoms with Crippen LogP contribution >= 0.6 is 0 Å². The molecule has 0 bridgehead atoms. The largest absolute Gasteiger partial charge is 0.507 e. The van der Waals surface area contributed by atoms with Crippen LogP contribution in [0.25, 0.3) is 0 Å². The summed E-state index contributed by atoms with van der Waals surface area (Å²) in [5.41, 5.74) is 1.90. The molecule has 2 N–H and O–H groups in total. The maximum Gasteiger partial charge on any atom is 0.123 e. The molecular formula is C18H28N2O2. The molecule has 0 aromatic heterocycles. The Kier molecular flexibility index (Phi) is 5.21. The first-order chi connectivity index (χ1) is 10.7. The van der Waals surface area contributed by atoms with Gasteiger partial charge < -0.3 is 10.2 Å². The molecule has 122 valence electrons. The van der Waals surface area contributed by atoms with Gasteiger partial charge in [0.25, 0.3) is 0 Å². The third kappa shape index (κ3) is 3.93. The van der Waals surface area contributed by atoms with Crippen molar-refractivity contribution < 1.29 is 10.2 Å². The van der Waals surface area contributed by atoms with E-state index in [0.29, 0.717) is 0 Å². The molecule has 22 heavy (non-hydrogen) atoms. The van der Waals surface area contributed by atoms with E-state index in [2.05, 4.69) is 9.80 Å². The lowest BCUT2D eigenvalue weighted by atomic mass is 10.0. The number of piperidine rings is 2. The van der Waals surface area contributed by atoms with Crippen molar-refractivity contribution in [1.82, 2.24) is 9.80 Å². The van der Waals surface area contributed by atoms with Gasteiger partial charge >= 0.3 is 0 Å². The van der Waals surface area contributed by atoms with E-state index >= 15 is 0 Å². The molecule has 0 saturated carbocycles. The Morgan fingerprint density at radius 3 is 1.45 bits per heavy atom. The van der Waals surface area contributed by atoms with Crippen LogP contribution in [0.15, 0.2) is 12.1 Å². The molecule has 2 aliphatic rings. The summed E-state index contributed by atoms with van der Waals surface area (Å²) in [7, 11) is 0. The lowest BCUT2D eigenvalue weighted by Gasteiger charge is -2.28. The van der Waals surface area contributed by atoms with Gasteiger partial charge in [0.1, 0.15) is 11.5 Å². The lowest BCUT2D eigenvalue weighted by molar-refractivity contribution is 0.214. The standard InChI is InChI=1S/C18H28N2O2/c21-17-12-18(22)16(14-20-9-5-2-6-10-20)11-15(17)13-19-7-3-1-4-8-19/h11-12,21-22H,1-10,13-14H2. The van der Waals surface area contributed by atoms with Crippen LogP contribution in [-0.4, -0.2) is 46.2 Å². The second-order valence-corrected chi connectivity index (χ2v) is 6.78. The highest BCUT2D eigenvalue weighted by atomic mass is 16.3. The Balaban J connectivity index is 1.70. The lowest BCUT2D eigenvalue weighted by Crippen LogP contribution is -2.30. The van der Waals surface area contributed by atoms with Gasteiger partial charge in [-0.05, 0) is 57.9 Å². The second kappa shape index (κ2) is 7.34. The summed E-state index contributed by atoms with van der Waals surface area (Å²) >= 11 is 0. The normalized spacial score (nSPS) is 21.1. The number of hydrogen-bond acceptors (Lipinski definition) is 4. The van der Waals surface area contributed by atoms with E-state index in [1.54, 1.807) is 0 Å². The molecule has 2 aliphatic heterocycles. The van der Waals surface area contributed by atoms with Gasteiger partial charge in [0.15, 0.2) is 0 Å². The fourth-order valence-corrected chi connectivity index (χ4v) is 3.64. The zero-order chi connectivity index (χ0) is 15.4. The van der Waals surface area contributed by atoms with Gasteiger partial charge in [0.2, 0.25) is 0 Å². The smallest absolute Gasteiger partial charge is 0.123 e. The van der Waals surface area contributed by atoms with Crippen LogP contribution in [0.5, 0.6) is 11.5 Å². The molecule has 0 aliphatic carbocycles. The number of aromatic hydroxyl groups is 2. The zero-order valence-corrected chi connectivity index (χ0v) is 13.4. The van der Waals surface area contributed by atoms with Crippen molar-refractivity contribution in [2.45, 2.75) is 51.6 Å². The minimum Gasteiger partial charge on any atom is -0.507 e. The predicted molar refractivity (Wildman–Crippen MR) is 88.0 cm³/mol. The molecule has 4 heteroatoms. The van der Waals surface area contributed by atoms with Crippen LogP contribution in [-0.2, 0) is 13.1 Å². The maximum atomic E-state index is 10.2. The Bertz CT molecular complexity index is 451. The van der Waals surface area contributed by atoms with Gasteiger partial charge in [-0.2, -0.15) is 0 Å². The number of nitrogens with zero attached hydrogens (tertiary/aromatic N) is 2. The predicted octanol–water partition coefficient (Wildman–Crippen LogP) is 3.07. The number of likely N-dealkylation sites (tertiary alicyclic amines) is 2. The highest BCUT2D eigenvalue weighted by molar-refractivity contribution is 5.45. The quantitative estimate of drug-likeness (QED) is 0.897. The second-order valence-electron chi connectivity index (χ2n) is 6.78. The van der Waals surface area contributed by atoms with Crippen LogP contribution in [0, 0.1) is 0 Å². The summed E-state index contributed by atoms with van der Waals surface area (Å²) in [5.74, 6) is 0.455. The third-order valence-electron chi connectivity index (χ3n) is 4.97. The van der Waals surface area contributed by atoms with E-state index in [4.69, 9.17) is 0 Å². The fourth-order valence-electron chi connectivity index (χ4n) is 3.64. The van der Waals surface area contributed by atoms with E-state index in [1.807, 2.05) is 6.07 Å². The Labute approximate surface area is 133 Å². The molecule has 2 fully saturated rings. The summed E-state index contributed by atoms with van der Waals surface area (Å²) in [5, 5.41) is 20.3. The molecule has 0 amide bonds. The van der Waals surface area contributed by atoms with Crippen LogP contribution in [0.4, 0.5) is 0 Å². The molecule has 2 saturated heterocycles. The number of phenolic OH excluding ortho intramolecular Hbond substituents is 2. The molecule has 0 radical (unpaired) electrons. The number of benzene rings is 1. The van der Waals surface area contributed by atoms with Gasteiger partial charge in [-0.25, -0.2) is 0 Å². The average Bonchev–Trinajstić information content (AvgIpc) is 2.54. The highest BCUT2D eigenvalue weighted by Crippen LogP contribution is 2.30. The molecule has 1 aromatic carbocycles. The van der Waals surface area contributed by atoms with Crippen molar-refractivity contribution in [1.29, 1.82) is 0 Å². The first-order valence-corrected chi connectivity index (χ1v) is 8.71. The summed E-state index contributed by atoms with van der Waals surface area (Å²) in [6.07, 6.45) is 7.63. The van der Waals surface area contributed by atoms with Crippen molar-refractivity contribution in [3.8, 4) is 11.5 Å². The van der Waals surface area contributed by atoms with Gasteiger partial charge in [0, 0.05) is 30.3 Å². The number of rotatable bonds is 4. The molecule has 0 spiro atoms. The highest BCUT2D eigenvalue weighted by Gasteiger charge is 2.17. The molecule has 0 unspecified atom stereocenters. The summed E-state index contributed by atoms with van der Waals surface area (Å²) in [6, 6.07) is 3.53. The number of phenols is 2. The zero-order valence-electron chi connectivity index (χ0n) is 13.4. The third-order valence-corrected chi connectivity index (χ3v) is 4.97. The van der Waals surface area contributed by atoms with Gasteiger partial charge in [-0.1, -0.05) is 12.8 Å². The van der Waals surface area contributed by atoms with Crippen molar-refractivity contribution >= 4 is 0 Å². The Hall–Kier alpha value is -1.26.